The van der Waals surface area contributed by atoms with Crippen molar-refractivity contribution >= 4 is 17.5 Å². The van der Waals surface area contributed by atoms with E-state index in [1.165, 1.54) is 6.42 Å². The molecular formula is C19H24ClNO2. The molecule has 4 atom stereocenters. The average Bonchev–Trinajstić information content (AvgIpc) is 2.50. The molecule has 4 aliphatic rings. The smallest absolute Gasteiger partial charge is 0.226 e. The minimum absolute atomic E-state index is 0.110. The van der Waals surface area contributed by atoms with Crippen LogP contribution >= 0.6 is 11.6 Å². The number of hydrogen-bond acceptors (Lipinski definition) is 2. The van der Waals surface area contributed by atoms with Crippen LogP contribution in [0.15, 0.2) is 24.3 Å². The summed E-state index contributed by atoms with van der Waals surface area (Å²) < 4.78 is 5.17. The topological polar surface area (TPSA) is 38.3 Å². The van der Waals surface area contributed by atoms with Gasteiger partial charge in [0.25, 0.3) is 0 Å². The molecule has 3 nitrogen and oxygen atoms in total. The largest absolute Gasteiger partial charge is 0.497 e. The van der Waals surface area contributed by atoms with Crippen molar-refractivity contribution in [1.29, 1.82) is 0 Å². The lowest BCUT2D eigenvalue weighted by atomic mass is 9.49. The van der Waals surface area contributed by atoms with Crippen LogP contribution in [0.2, 0.25) is 0 Å². The summed E-state index contributed by atoms with van der Waals surface area (Å²) in [6, 6.07) is 7.86. The van der Waals surface area contributed by atoms with E-state index in [1.54, 1.807) is 7.11 Å². The first kappa shape index (κ1) is 15.3. The number of benzene rings is 1. The van der Waals surface area contributed by atoms with Gasteiger partial charge in [0, 0.05) is 11.4 Å². The van der Waals surface area contributed by atoms with Crippen molar-refractivity contribution in [3.05, 3.63) is 29.8 Å². The molecular weight excluding hydrogens is 310 g/mol. The molecule has 4 saturated carbocycles. The van der Waals surface area contributed by atoms with Gasteiger partial charge in [0.05, 0.1) is 12.5 Å². The van der Waals surface area contributed by atoms with Crippen LogP contribution in [0.3, 0.4) is 0 Å². The van der Waals surface area contributed by atoms with Crippen LogP contribution in [0.25, 0.3) is 0 Å². The van der Waals surface area contributed by atoms with Crippen LogP contribution < -0.4 is 10.1 Å². The first-order chi connectivity index (χ1) is 11.0. The van der Waals surface area contributed by atoms with Crippen LogP contribution in [0.5, 0.6) is 5.75 Å². The number of amides is 1. The molecule has 0 spiro atoms. The van der Waals surface area contributed by atoms with Crippen LogP contribution in [-0.2, 0) is 11.3 Å². The Labute approximate surface area is 142 Å². The summed E-state index contributed by atoms with van der Waals surface area (Å²) in [5.41, 5.74) is 0.891. The summed E-state index contributed by atoms with van der Waals surface area (Å²) in [5, 5.41) is 3.17. The first-order valence-electron chi connectivity index (χ1n) is 8.60. The van der Waals surface area contributed by atoms with E-state index in [9.17, 15) is 4.79 Å². The SMILES string of the molecule is COc1ccc(CNC(=O)C23C[C@@H]4C[C@@H](CC(Cl)(C4)C2)C3)cc1. The molecule has 4 heteroatoms. The molecule has 5 rings (SSSR count). The van der Waals surface area contributed by atoms with Crippen LogP contribution in [0.4, 0.5) is 0 Å². The van der Waals surface area contributed by atoms with Gasteiger partial charge in [0.1, 0.15) is 5.75 Å². The molecule has 124 valence electrons. The monoisotopic (exact) mass is 333 g/mol. The second-order valence-electron chi connectivity index (χ2n) is 7.92. The first-order valence-corrected chi connectivity index (χ1v) is 8.98. The molecule has 1 N–H and O–H groups in total. The maximum atomic E-state index is 12.9. The fourth-order valence-corrected chi connectivity index (χ4v) is 6.22. The summed E-state index contributed by atoms with van der Waals surface area (Å²) in [7, 11) is 1.66. The fraction of sp³-hybridized carbons (Fsp3) is 0.632. The molecule has 1 aromatic rings. The molecule has 0 heterocycles. The highest BCUT2D eigenvalue weighted by Crippen LogP contribution is 2.63. The van der Waals surface area contributed by atoms with E-state index in [-0.39, 0.29) is 16.2 Å². The lowest BCUT2D eigenvalue weighted by Gasteiger charge is -2.59. The summed E-state index contributed by atoms with van der Waals surface area (Å²) in [6.45, 7) is 0.579. The van der Waals surface area contributed by atoms with Gasteiger partial charge in [-0.3, -0.25) is 4.79 Å². The van der Waals surface area contributed by atoms with E-state index < -0.39 is 0 Å². The van der Waals surface area contributed by atoms with Crippen molar-refractivity contribution in [3.8, 4) is 5.75 Å². The molecule has 2 unspecified atom stereocenters. The van der Waals surface area contributed by atoms with Gasteiger partial charge in [-0.2, -0.15) is 0 Å². The number of rotatable bonds is 4. The molecule has 1 aromatic carbocycles. The molecule has 0 aromatic heterocycles. The Balaban J connectivity index is 1.44. The zero-order valence-corrected chi connectivity index (χ0v) is 14.4. The van der Waals surface area contributed by atoms with E-state index >= 15 is 0 Å². The molecule has 0 radical (unpaired) electrons. The van der Waals surface area contributed by atoms with Crippen LogP contribution in [-0.4, -0.2) is 17.9 Å². The van der Waals surface area contributed by atoms with Crippen molar-refractivity contribution in [2.24, 2.45) is 17.3 Å². The molecule has 0 saturated heterocycles. The predicted octanol–water partition coefficient (Wildman–Crippen LogP) is 3.89. The maximum Gasteiger partial charge on any atom is 0.226 e. The van der Waals surface area contributed by atoms with E-state index in [0.717, 1.165) is 43.4 Å². The third kappa shape index (κ3) is 2.73. The van der Waals surface area contributed by atoms with Crippen molar-refractivity contribution < 1.29 is 9.53 Å². The average molecular weight is 334 g/mol. The zero-order chi connectivity index (χ0) is 16.1. The second kappa shape index (κ2) is 5.41. The van der Waals surface area contributed by atoms with Crippen molar-refractivity contribution in [1.82, 2.24) is 5.32 Å². The maximum absolute atomic E-state index is 12.9. The van der Waals surface area contributed by atoms with Gasteiger partial charge < -0.3 is 10.1 Å². The summed E-state index contributed by atoms with van der Waals surface area (Å²) in [6.07, 6.45) is 6.43. The number of hydrogen-bond donors (Lipinski definition) is 1. The van der Waals surface area contributed by atoms with Gasteiger partial charge in [-0.1, -0.05) is 12.1 Å². The predicted molar refractivity (Wildman–Crippen MR) is 90.5 cm³/mol. The Hall–Kier alpha value is -1.22. The van der Waals surface area contributed by atoms with Gasteiger partial charge in [-0.05, 0) is 68.1 Å². The minimum Gasteiger partial charge on any atom is -0.497 e. The van der Waals surface area contributed by atoms with E-state index in [0.29, 0.717) is 18.4 Å². The number of methoxy groups -OCH3 is 1. The Bertz CT molecular complexity index is 598. The number of nitrogens with one attached hydrogen (secondary N) is 1. The minimum atomic E-state index is -0.210. The third-order valence-electron chi connectivity index (χ3n) is 6.08. The van der Waals surface area contributed by atoms with Gasteiger partial charge in [0.2, 0.25) is 5.91 Å². The van der Waals surface area contributed by atoms with Gasteiger partial charge >= 0.3 is 0 Å². The lowest BCUT2D eigenvalue weighted by Crippen LogP contribution is -2.58. The van der Waals surface area contributed by atoms with Crippen LogP contribution in [0.1, 0.15) is 44.1 Å². The normalized spacial score (nSPS) is 37.7. The highest BCUT2D eigenvalue weighted by Gasteiger charge is 2.59. The van der Waals surface area contributed by atoms with Crippen molar-refractivity contribution in [2.75, 3.05) is 7.11 Å². The number of carbonyl (C=O) groups is 1. The molecule has 1 amide bonds. The highest BCUT2D eigenvalue weighted by molar-refractivity contribution is 6.24. The molecule has 4 fully saturated rings. The Kier molecular flexibility index (Phi) is 3.60. The molecule has 4 bridgehead atoms. The van der Waals surface area contributed by atoms with Gasteiger partial charge in [-0.15, -0.1) is 11.6 Å². The second-order valence-corrected chi connectivity index (χ2v) is 8.72. The number of halogens is 1. The van der Waals surface area contributed by atoms with Crippen LogP contribution in [0, 0.1) is 17.3 Å². The van der Waals surface area contributed by atoms with Gasteiger partial charge in [0.15, 0.2) is 0 Å². The van der Waals surface area contributed by atoms with Crippen molar-refractivity contribution in [2.45, 2.75) is 49.9 Å². The van der Waals surface area contributed by atoms with E-state index in [2.05, 4.69) is 5.32 Å². The Morgan fingerprint density at radius 1 is 1.22 bits per heavy atom. The standard InChI is InChI=1S/C19H24ClNO2/c1-23-16-4-2-13(3-5-16)11-21-17(22)18-7-14-6-15(8-18)10-19(20,9-14)12-18/h2-5,14-15H,6-12H2,1H3,(H,21,22)/t14-,15+,18?,19?. The Morgan fingerprint density at radius 2 is 1.87 bits per heavy atom. The zero-order valence-electron chi connectivity index (χ0n) is 13.6. The number of ether oxygens (including phenoxy) is 1. The molecule has 0 aliphatic heterocycles. The molecule has 23 heavy (non-hydrogen) atoms. The number of carbonyl (C=O) groups excluding carboxylic acids is 1. The van der Waals surface area contributed by atoms with Gasteiger partial charge in [-0.25, -0.2) is 0 Å². The quantitative estimate of drug-likeness (QED) is 0.849. The lowest BCUT2D eigenvalue weighted by molar-refractivity contribution is -0.144. The third-order valence-corrected chi connectivity index (χ3v) is 6.53. The summed E-state index contributed by atoms with van der Waals surface area (Å²) in [4.78, 5) is 12.8. The number of alkyl halides is 1. The highest BCUT2D eigenvalue weighted by atomic mass is 35.5. The Morgan fingerprint density at radius 3 is 2.43 bits per heavy atom. The summed E-state index contributed by atoms with van der Waals surface area (Å²) >= 11 is 6.82. The molecule has 4 aliphatic carbocycles. The van der Waals surface area contributed by atoms with E-state index in [1.807, 2.05) is 24.3 Å². The fourth-order valence-electron chi connectivity index (χ4n) is 5.53. The van der Waals surface area contributed by atoms with E-state index in [4.69, 9.17) is 16.3 Å². The summed E-state index contributed by atoms with van der Waals surface area (Å²) in [5.74, 6) is 2.36. The van der Waals surface area contributed by atoms with Crippen molar-refractivity contribution in [3.63, 3.8) is 0 Å².